The number of furan rings is 1. The smallest absolute Gasteiger partial charge is 0.133 e. The van der Waals surface area contributed by atoms with Crippen molar-refractivity contribution in [1.82, 2.24) is 4.90 Å². The van der Waals surface area contributed by atoms with E-state index in [0.717, 1.165) is 54.8 Å². The molecule has 0 bridgehead atoms. The molecule has 0 amide bonds. The summed E-state index contributed by atoms with van der Waals surface area (Å²) in [6.45, 7) is 1.72. The van der Waals surface area contributed by atoms with Gasteiger partial charge in [-0.1, -0.05) is 6.07 Å². The predicted octanol–water partition coefficient (Wildman–Crippen LogP) is 4.32. The molecule has 4 nitrogen and oxygen atoms in total. The maximum atomic E-state index is 6.08. The zero-order valence-electron chi connectivity index (χ0n) is 14.1. The van der Waals surface area contributed by atoms with Crippen LogP contribution in [0.15, 0.2) is 45.5 Å². The molecule has 2 N–H and O–H groups in total. The van der Waals surface area contributed by atoms with Crippen LogP contribution in [0.1, 0.15) is 37.0 Å². The van der Waals surface area contributed by atoms with Crippen molar-refractivity contribution < 1.29 is 9.15 Å². The van der Waals surface area contributed by atoms with Gasteiger partial charge < -0.3 is 14.9 Å². The molecule has 1 aromatic heterocycles. The summed E-state index contributed by atoms with van der Waals surface area (Å²) in [6, 6.07) is 11.2. The number of hydrogen-bond acceptors (Lipinski definition) is 4. The quantitative estimate of drug-likeness (QED) is 0.794. The Morgan fingerprint density at radius 2 is 2.00 bits per heavy atom. The third kappa shape index (κ3) is 4.41. The monoisotopic (exact) mass is 392 g/mol. The zero-order valence-corrected chi connectivity index (χ0v) is 15.7. The third-order valence-corrected chi connectivity index (χ3v) is 5.42. The SMILES string of the molecule is COc1ccc(CN(Cc2ccco2)C2CCC(N)CC2)cc1Br. The standard InChI is InChI=1S/C19H25BrN2O2/c1-23-19-9-4-14(11-18(19)20)12-22(13-17-3-2-10-24-17)16-7-5-15(21)6-8-16/h2-4,9-11,15-16H,5-8,12-13,21H2,1H3. The minimum atomic E-state index is 0.363. The molecule has 1 aliphatic carbocycles. The molecule has 1 saturated carbocycles. The lowest BCUT2D eigenvalue weighted by atomic mass is 9.90. The molecule has 0 aliphatic heterocycles. The fraction of sp³-hybridized carbons (Fsp3) is 0.474. The van der Waals surface area contributed by atoms with E-state index in [0.29, 0.717) is 12.1 Å². The van der Waals surface area contributed by atoms with Crippen LogP contribution < -0.4 is 10.5 Å². The zero-order chi connectivity index (χ0) is 16.9. The maximum absolute atomic E-state index is 6.08. The van der Waals surface area contributed by atoms with E-state index in [4.69, 9.17) is 14.9 Å². The average Bonchev–Trinajstić information content (AvgIpc) is 3.08. The second-order valence-electron chi connectivity index (χ2n) is 6.52. The molecule has 130 valence electrons. The summed E-state index contributed by atoms with van der Waals surface area (Å²) in [7, 11) is 1.69. The Balaban J connectivity index is 1.75. The number of halogens is 1. The molecule has 1 fully saturated rings. The summed E-state index contributed by atoms with van der Waals surface area (Å²) < 4.78 is 11.9. The van der Waals surface area contributed by atoms with Gasteiger partial charge in [-0.25, -0.2) is 0 Å². The normalized spacial score (nSPS) is 21.2. The van der Waals surface area contributed by atoms with Crippen molar-refractivity contribution in [1.29, 1.82) is 0 Å². The molecule has 24 heavy (non-hydrogen) atoms. The lowest BCUT2D eigenvalue weighted by Crippen LogP contribution is -2.40. The first-order valence-corrected chi connectivity index (χ1v) is 9.29. The predicted molar refractivity (Wildman–Crippen MR) is 98.9 cm³/mol. The van der Waals surface area contributed by atoms with E-state index in [1.54, 1.807) is 13.4 Å². The van der Waals surface area contributed by atoms with Gasteiger partial charge >= 0.3 is 0 Å². The van der Waals surface area contributed by atoms with Crippen molar-refractivity contribution in [3.63, 3.8) is 0 Å². The molecule has 1 aromatic carbocycles. The van der Waals surface area contributed by atoms with E-state index in [1.165, 1.54) is 5.56 Å². The fourth-order valence-corrected chi connectivity index (χ4v) is 4.01. The minimum Gasteiger partial charge on any atom is -0.496 e. The Labute approximate surface area is 152 Å². The van der Waals surface area contributed by atoms with Crippen molar-refractivity contribution in [2.24, 2.45) is 5.73 Å². The topological polar surface area (TPSA) is 51.6 Å². The van der Waals surface area contributed by atoms with Crippen LogP contribution in [0, 0.1) is 0 Å². The number of ether oxygens (including phenoxy) is 1. The lowest BCUT2D eigenvalue weighted by molar-refractivity contribution is 0.125. The Hall–Kier alpha value is -1.30. The average molecular weight is 393 g/mol. The van der Waals surface area contributed by atoms with Gasteiger partial charge in [0, 0.05) is 18.6 Å². The van der Waals surface area contributed by atoms with E-state index in [-0.39, 0.29) is 0 Å². The minimum absolute atomic E-state index is 0.363. The van der Waals surface area contributed by atoms with Crippen LogP contribution in [0.3, 0.4) is 0 Å². The van der Waals surface area contributed by atoms with Gasteiger partial charge in [-0.15, -0.1) is 0 Å². The van der Waals surface area contributed by atoms with Crippen LogP contribution >= 0.6 is 15.9 Å². The third-order valence-electron chi connectivity index (χ3n) is 4.80. The van der Waals surface area contributed by atoms with Crippen molar-refractivity contribution in [2.75, 3.05) is 7.11 Å². The molecule has 0 atom stereocenters. The number of nitrogens with two attached hydrogens (primary N) is 1. The van der Waals surface area contributed by atoms with Crippen LogP contribution in [-0.4, -0.2) is 24.1 Å². The number of nitrogens with zero attached hydrogens (tertiary/aromatic N) is 1. The van der Waals surface area contributed by atoms with Gasteiger partial charge in [-0.2, -0.15) is 0 Å². The van der Waals surface area contributed by atoms with Gasteiger partial charge in [0.05, 0.1) is 24.4 Å². The van der Waals surface area contributed by atoms with Gasteiger partial charge in [0.1, 0.15) is 11.5 Å². The van der Waals surface area contributed by atoms with Crippen molar-refractivity contribution in [2.45, 2.75) is 50.9 Å². The van der Waals surface area contributed by atoms with Gasteiger partial charge in [-0.05, 0) is 71.4 Å². The van der Waals surface area contributed by atoms with Crippen molar-refractivity contribution in [3.8, 4) is 5.75 Å². The van der Waals surface area contributed by atoms with Crippen molar-refractivity contribution >= 4 is 15.9 Å². The molecule has 1 heterocycles. The largest absolute Gasteiger partial charge is 0.496 e. The highest BCUT2D eigenvalue weighted by Crippen LogP contribution is 2.29. The Morgan fingerprint density at radius 3 is 2.62 bits per heavy atom. The first kappa shape index (κ1) is 17.5. The van der Waals surface area contributed by atoms with E-state index >= 15 is 0 Å². The lowest BCUT2D eigenvalue weighted by Gasteiger charge is -2.35. The Morgan fingerprint density at radius 1 is 1.21 bits per heavy atom. The molecule has 3 rings (SSSR count). The highest BCUT2D eigenvalue weighted by atomic mass is 79.9. The van der Waals surface area contributed by atoms with E-state index in [9.17, 15) is 0 Å². The number of benzene rings is 1. The first-order chi connectivity index (χ1) is 11.7. The summed E-state index contributed by atoms with van der Waals surface area (Å²) in [6.07, 6.45) is 6.25. The Bertz CT molecular complexity index is 637. The van der Waals surface area contributed by atoms with E-state index in [2.05, 4.69) is 33.0 Å². The fourth-order valence-electron chi connectivity index (χ4n) is 3.43. The van der Waals surface area contributed by atoms with Gasteiger partial charge in [0.25, 0.3) is 0 Å². The summed E-state index contributed by atoms with van der Waals surface area (Å²) >= 11 is 3.58. The summed E-state index contributed by atoms with van der Waals surface area (Å²) in [5.41, 5.74) is 7.35. The molecule has 2 aromatic rings. The molecule has 0 radical (unpaired) electrons. The highest BCUT2D eigenvalue weighted by molar-refractivity contribution is 9.10. The molecule has 5 heteroatoms. The summed E-state index contributed by atoms with van der Waals surface area (Å²) in [5, 5.41) is 0. The van der Waals surface area contributed by atoms with Crippen molar-refractivity contribution in [3.05, 3.63) is 52.4 Å². The van der Waals surface area contributed by atoms with Gasteiger partial charge in [0.15, 0.2) is 0 Å². The first-order valence-electron chi connectivity index (χ1n) is 8.50. The summed E-state index contributed by atoms with van der Waals surface area (Å²) in [5.74, 6) is 1.87. The molecule has 0 saturated heterocycles. The molecule has 0 spiro atoms. The Kier molecular flexibility index (Phi) is 5.98. The maximum Gasteiger partial charge on any atom is 0.133 e. The van der Waals surface area contributed by atoms with Crippen LogP contribution in [0.5, 0.6) is 5.75 Å². The van der Waals surface area contributed by atoms with E-state index < -0.39 is 0 Å². The van der Waals surface area contributed by atoms with Crippen LogP contribution in [0.4, 0.5) is 0 Å². The van der Waals surface area contributed by atoms with Gasteiger partial charge in [0.2, 0.25) is 0 Å². The second kappa shape index (κ2) is 8.19. The number of methoxy groups -OCH3 is 1. The number of hydrogen-bond donors (Lipinski definition) is 1. The van der Waals surface area contributed by atoms with E-state index in [1.807, 2.05) is 18.2 Å². The van der Waals surface area contributed by atoms with Crippen LogP contribution in [0.25, 0.3) is 0 Å². The number of rotatable bonds is 6. The van der Waals surface area contributed by atoms with Crippen LogP contribution in [0.2, 0.25) is 0 Å². The van der Waals surface area contributed by atoms with Crippen LogP contribution in [-0.2, 0) is 13.1 Å². The summed E-state index contributed by atoms with van der Waals surface area (Å²) in [4.78, 5) is 2.51. The van der Waals surface area contributed by atoms with Gasteiger partial charge in [-0.3, -0.25) is 4.90 Å². The molecule has 1 aliphatic rings. The molecular formula is C19H25BrN2O2. The molecule has 0 unspecified atom stereocenters. The second-order valence-corrected chi connectivity index (χ2v) is 7.38. The molecular weight excluding hydrogens is 368 g/mol. The highest BCUT2D eigenvalue weighted by Gasteiger charge is 2.25.